The molecule has 0 aliphatic rings. The normalized spacial score (nSPS) is 11.0. The Morgan fingerprint density at radius 2 is 1.95 bits per heavy atom. The van der Waals surface area contributed by atoms with E-state index in [-0.39, 0.29) is 30.7 Å². The van der Waals surface area contributed by atoms with Gasteiger partial charge < -0.3 is 15.2 Å². The summed E-state index contributed by atoms with van der Waals surface area (Å²) in [6.45, 7) is 0. The number of alkyl halides is 3. The number of carbonyl (C=O) groups excluding carboxylic acids is 1. The number of carboxylic acid groups (broad SMARTS) is 1. The Hall–Kier alpha value is -2.25. The molecule has 0 aliphatic heterocycles. The van der Waals surface area contributed by atoms with Gasteiger partial charge in [0.25, 0.3) is 0 Å². The second kappa shape index (κ2) is 6.96. The molecule has 21 heavy (non-hydrogen) atoms. The summed E-state index contributed by atoms with van der Waals surface area (Å²) >= 11 is 0. The molecule has 2 N–H and O–H groups in total. The van der Waals surface area contributed by atoms with E-state index < -0.39 is 23.6 Å². The first-order chi connectivity index (χ1) is 9.74. The topological polar surface area (TPSA) is 75.6 Å². The van der Waals surface area contributed by atoms with Crippen molar-refractivity contribution >= 4 is 17.6 Å². The summed E-state index contributed by atoms with van der Waals surface area (Å²) in [4.78, 5) is 21.8. The summed E-state index contributed by atoms with van der Waals surface area (Å²) in [5.41, 5.74) is -1.41. The monoisotopic (exact) mass is 305 g/mol. The molecule has 0 spiro atoms. The van der Waals surface area contributed by atoms with Crippen LogP contribution in [0.15, 0.2) is 18.2 Å². The van der Waals surface area contributed by atoms with Gasteiger partial charge in [-0.3, -0.25) is 9.59 Å². The molecule has 5 nitrogen and oxygen atoms in total. The number of hydrogen-bond acceptors (Lipinski definition) is 3. The predicted octanol–water partition coefficient (Wildman–Crippen LogP) is 2.91. The van der Waals surface area contributed by atoms with Crippen LogP contribution in [-0.4, -0.2) is 24.1 Å². The maximum atomic E-state index is 12.9. The van der Waals surface area contributed by atoms with Gasteiger partial charge in [-0.15, -0.1) is 0 Å². The fraction of sp³-hybridized carbons (Fsp3) is 0.385. The lowest BCUT2D eigenvalue weighted by atomic mass is 10.1. The van der Waals surface area contributed by atoms with E-state index in [1.165, 1.54) is 13.2 Å². The van der Waals surface area contributed by atoms with Crippen LogP contribution in [0.3, 0.4) is 0 Å². The molecule has 1 aromatic rings. The first-order valence-corrected chi connectivity index (χ1v) is 6.01. The van der Waals surface area contributed by atoms with Crippen molar-refractivity contribution in [3.05, 3.63) is 23.8 Å². The minimum absolute atomic E-state index is 0.0196. The maximum absolute atomic E-state index is 12.9. The molecule has 0 saturated carbocycles. The molecule has 0 aromatic heterocycles. The van der Waals surface area contributed by atoms with Crippen LogP contribution in [0.25, 0.3) is 0 Å². The molecule has 0 atom stereocenters. The number of halogens is 3. The van der Waals surface area contributed by atoms with Crippen molar-refractivity contribution < 1.29 is 32.6 Å². The predicted molar refractivity (Wildman–Crippen MR) is 68.1 cm³/mol. The number of methoxy groups -OCH3 is 1. The van der Waals surface area contributed by atoms with Gasteiger partial charge in [0.15, 0.2) is 0 Å². The van der Waals surface area contributed by atoms with E-state index in [0.29, 0.717) is 0 Å². The summed E-state index contributed by atoms with van der Waals surface area (Å²) in [5, 5.41) is 10.6. The molecule has 1 aromatic carbocycles. The number of hydrogen-bond donors (Lipinski definition) is 2. The molecule has 0 fully saturated rings. The molecule has 116 valence electrons. The largest absolute Gasteiger partial charge is 0.497 e. The zero-order valence-corrected chi connectivity index (χ0v) is 11.2. The number of benzene rings is 1. The molecule has 0 bridgehead atoms. The Balaban J connectivity index is 2.82. The first kappa shape index (κ1) is 16.8. The van der Waals surface area contributed by atoms with Gasteiger partial charge in [0, 0.05) is 12.8 Å². The molecule has 1 amide bonds. The van der Waals surface area contributed by atoms with Crippen molar-refractivity contribution in [3.63, 3.8) is 0 Å². The summed E-state index contributed by atoms with van der Waals surface area (Å²) in [6, 6.07) is 3.17. The smallest absolute Gasteiger partial charge is 0.418 e. The van der Waals surface area contributed by atoms with E-state index in [1.807, 2.05) is 0 Å². The van der Waals surface area contributed by atoms with Gasteiger partial charge in [-0.1, -0.05) is 0 Å². The van der Waals surface area contributed by atoms with Crippen LogP contribution >= 0.6 is 0 Å². The third-order valence-electron chi connectivity index (χ3n) is 2.60. The molecule has 0 heterocycles. The van der Waals surface area contributed by atoms with Crippen molar-refractivity contribution in [2.45, 2.75) is 25.4 Å². The number of carbonyl (C=O) groups is 2. The molecule has 0 unspecified atom stereocenters. The fourth-order valence-electron chi connectivity index (χ4n) is 1.61. The Labute approximate surface area is 118 Å². The van der Waals surface area contributed by atoms with Gasteiger partial charge in [-0.2, -0.15) is 13.2 Å². The number of amides is 1. The summed E-state index contributed by atoms with van der Waals surface area (Å²) < 4.78 is 43.4. The zero-order valence-electron chi connectivity index (χ0n) is 11.2. The maximum Gasteiger partial charge on any atom is 0.418 e. The number of anilines is 1. The lowest BCUT2D eigenvalue weighted by Crippen LogP contribution is -2.16. The van der Waals surface area contributed by atoms with Crippen LogP contribution in [0.5, 0.6) is 5.75 Å². The zero-order chi connectivity index (χ0) is 16.0. The van der Waals surface area contributed by atoms with Crippen molar-refractivity contribution in [1.29, 1.82) is 0 Å². The van der Waals surface area contributed by atoms with E-state index in [1.54, 1.807) is 0 Å². The molecule has 0 saturated heterocycles. The van der Waals surface area contributed by atoms with Crippen LogP contribution in [0.2, 0.25) is 0 Å². The minimum atomic E-state index is -4.64. The summed E-state index contributed by atoms with van der Waals surface area (Å²) in [5.74, 6) is -1.72. The Morgan fingerprint density at radius 3 is 2.48 bits per heavy atom. The van der Waals surface area contributed by atoms with Crippen molar-refractivity contribution in [1.82, 2.24) is 0 Å². The van der Waals surface area contributed by atoms with Gasteiger partial charge in [-0.05, 0) is 24.6 Å². The van der Waals surface area contributed by atoms with Crippen LogP contribution in [0, 0.1) is 0 Å². The second-order valence-corrected chi connectivity index (χ2v) is 4.20. The third kappa shape index (κ3) is 5.33. The quantitative estimate of drug-likeness (QED) is 0.847. The molecule has 8 heteroatoms. The van der Waals surface area contributed by atoms with Gasteiger partial charge in [0.1, 0.15) is 5.75 Å². The Bertz CT molecular complexity index is 529. The second-order valence-electron chi connectivity index (χ2n) is 4.20. The molecule has 0 radical (unpaired) electrons. The SMILES string of the molecule is COc1ccc(NC(=O)CCCC(=O)O)c(C(F)(F)F)c1. The van der Waals surface area contributed by atoms with Gasteiger partial charge in [0.2, 0.25) is 5.91 Å². The average molecular weight is 305 g/mol. The van der Waals surface area contributed by atoms with Crippen LogP contribution in [0.4, 0.5) is 18.9 Å². The highest BCUT2D eigenvalue weighted by molar-refractivity contribution is 5.91. The summed E-state index contributed by atoms with van der Waals surface area (Å²) in [7, 11) is 1.24. The first-order valence-electron chi connectivity index (χ1n) is 6.01. The number of ether oxygens (including phenoxy) is 1. The van der Waals surface area contributed by atoms with E-state index >= 15 is 0 Å². The van der Waals surface area contributed by atoms with Gasteiger partial charge in [0.05, 0.1) is 18.4 Å². The Morgan fingerprint density at radius 1 is 1.29 bits per heavy atom. The van der Waals surface area contributed by atoms with Crippen LogP contribution in [-0.2, 0) is 15.8 Å². The van der Waals surface area contributed by atoms with Crippen LogP contribution < -0.4 is 10.1 Å². The highest BCUT2D eigenvalue weighted by Gasteiger charge is 2.34. The van der Waals surface area contributed by atoms with E-state index in [4.69, 9.17) is 9.84 Å². The van der Waals surface area contributed by atoms with Crippen LogP contribution in [0.1, 0.15) is 24.8 Å². The number of carboxylic acids is 1. The molecule has 1 rings (SSSR count). The van der Waals surface area contributed by atoms with E-state index in [0.717, 1.165) is 12.1 Å². The summed E-state index contributed by atoms with van der Waals surface area (Å²) in [6.07, 6.45) is -4.98. The highest BCUT2D eigenvalue weighted by Crippen LogP contribution is 2.37. The number of nitrogens with one attached hydrogen (secondary N) is 1. The number of aliphatic carboxylic acids is 1. The average Bonchev–Trinajstić information content (AvgIpc) is 2.37. The van der Waals surface area contributed by atoms with Crippen molar-refractivity contribution in [2.75, 3.05) is 12.4 Å². The number of rotatable bonds is 6. The minimum Gasteiger partial charge on any atom is -0.497 e. The van der Waals surface area contributed by atoms with Gasteiger partial charge in [-0.25, -0.2) is 0 Å². The lowest BCUT2D eigenvalue weighted by molar-refractivity contribution is -0.137. The van der Waals surface area contributed by atoms with Crippen molar-refractivity contribution in [3.8, 4) is 5.75 Å². The molecule has 0 aliphatic carbocycles. The molecular weight excluding hydrogens is 291 g/mol. The van der Waals surface area contributed by atoms with E-state index in [2.05, 4.69) is 5.32 Å². The van der Waals surface area contributed by atoms with Gasteiger partial charge >= 0.3 is 12.1 Å². The van der Waals surface area contributed by atoms with Crippen molar-refractivity contribution in [2.24, 2.45) is 0 Å². The molecular formula is C13H14F3NO4. The standard InChI is InChI=1S/C13H14F3NO4/c1-21-8-5-6-10(9(7-8)13(14,15)16)17-11(18)3-2-4-12(19)20/h5-7H,2-4H2,1H3,(H,17,18)(H,19,20). The lowest BCUT2D eigenvalue weighted by Gasteiger charge is -2.15. The highest BCUT2D eigenvalue weighted by atomic mass is 19.4. The van der Waals surface area contributed by atoms with E-state index in [9.17, 15) is 22.8 Å². The fourth-order valence-corrected chi connectivity index (χ4v) is 1.61. The Kier molecular flexibility index (Phi) is 5.57. The third-order valence-corrected chi connectivity index (χ3v) is 2.60.